The third-order valence-corrected chi connectivity index (χ3v) is 3.68. The summed E-state index contributed by atoms with van der Waals surface area (Å²) in [6.07, 6.45) is 0.879. The first-order valence-electron chi connectivity index (χ1n) is 7.40. The van der Waals surface area contributed by atoms with Crippen molar-refractivity contribution < 1.29 is 9.18 Å². The molecule has 1 unspecified atom stereocenters. The number of benzene rings is 2. The van der Waals surface area contributed by atoms with E-state index in [2.05, 4.69) is 12.2 Å². The number of carbonyl (C=O) groups excluding carboxylic acids is 1. The molecule has 1 atom stereocenters. The first kappa shape index (κ1) is 16.2. The van der Waals surface area contributed by atoms with E-state index < -0.39 is 11.7 Å². The normalized spacial score (nSPS) is 12.0. The van der Waals surface area contributed by atoms with Gasteiger partial charge in [0.05, 0.1) is 5.56 Å². The molecule has 0 spiro atoms. The third kappa shape index (κ3) is 3.71. The van der Waals surface area contributed by atoms with E-state index in [1.54, 1.807) is 6.07 Å². The maximum atomic E-state index is 13.7. The third-order valence-electron chi connectivity index (χ3n) is 3.68. The lowest BCUT2D eigenvalue weighted by Crippen LogP contribution is -2.32. The van der Waals surface area contributed by atoms with Gasteiger partial charge >= 0.3 is 0 Å². The fraction of sp³-hybridized carbons (Fsp3) is 0.278. The number of amides is 1. The summed E-state index contributed by atoms with van der Waals surface area (Å²) in [5, 5.41) is 2.71. The van der Waals surface area contributed by atoms with Crippen LogP contribution in [-0.2, 0) is 6.42 Å². The molecule has 2 aromatic rings. The zero-order valence-electron chi connectivity index (χ0n) is 12.9. The second-order valence-electron chi connectivity index (χ2n) is 5.35. The van der Waals surface area contributed by atoms with Gasteiger partial charge in [0.2, 0.25) is 0 Å². The Labute approximate surface area is 130 Å². The lowest BCUT2D eigenvalue weighted by molar-refractivity contribution is 0.0947. The smallest absolute Gasteiger partial charge is 0.254 e. The van der Waals surface area contributed by atoms with Crippen molar-refractivity contribution in [2.24, 2.45) is 5.73 Å². The minimum atomic E-state index is -0.523. The number of nitrogens with two attached hydrogens (primary N) is 1. The van der Waals surface area contributed by atoms with Crippen LogP contribution in [0.4, 0.5) is 4.39 Å². The maximum absolute atomic E-state index is 13.7. The van der Waals surface area contributed by atoms with E-state index in [-0.39, 0.29) is 18.2 Å². The van der Waals surface area contributed by atoms with E-state index in [9.17, 15) is 9.18 Å². The van der Waals surface area contributed by atoms with Gasteiger partial charge in [0.25, 0.3) is 5.91 Å². The largest absolute Gasteiger partial charge is 0.350 e. The molecule has 22 heavy (non-hydrogen) atoms. The summed E-state index contributed by atoms with van der Waals surface area (Å²) < 4.78 is 13.7. The van der Waals surface area contributed by atoms with E-state index in [0.29, 0.717) is 0 Å². The molecule has 3 N–H and O–H groups in total. The Balaban J connectivity index is 2.06. The van der Waals surface area contributed by atoms with Crippen LogP contribution >= 0.6 is 0 Å². The first-order chi connectivity index (χ1) is 10.5. The van der Waals surface area contributed by atoms with Crippen molar-refractivity contribution in [2.45, 2.75) is 26.3 Å². The minimum absolute atomic E-state index is 0.0518. The van der Waals surface area contributed by atoms with Gasteiger partial charge in [0, 0.05) is 12.6 Å². The summed E-state index contributed by atoms with van der Waals surface area (Å²) in [5.41, 5.74) is 9.22. The average Bonchev–Trinajstić information content (AvgIpc) is 2.54. The Morgan fingerprint density at radius 2 is 2.00 bits per heavy atom. The molecule has 0 saturated heterocycles. The minimum Gasteiger partial charge on any atom is -0.350 e. The van der Waals surface area contributed by atoms with E-state index in [1.165, 1.54) is 12.1 Å². The number of aryl methyl sites for hydroxylation is 2. The zero-order chi connectivity index (χ0) is 16.1. The van der Waals surface area contributed by atoms with Crippen LogP contribution in [-0.4, -0.2) is 12.5 Å². The highest BCUT2D eigenvalue weighted by Crippen LogP contribution is 2.16. The molecule has 0 bridgehead atoms. The van der Waals surface area contributed by atoms with Crippen LogP contribution < -0.4 is 11.1 Å². The van der Waals surface area contributed by atoms with Gasteiger partial charge in [-0.3, -0.25) is 4.79 Å². The van der Waals surface area contributed by atoms with Gasteiger partial charge in [-0.1, -0.05) is 42.8 Å². The Morgan fingerprint density at radius 3 is 2.73 bits per heavy atom. The van der Waals surface area contributed by atoms with Gasteiger partial charge in [-0.25, -0.2) is 4.39 Å². The van der Waals surface area contributed by atoms with Crippen molar-refractivity contribution in [2.75, 3.05) is 6.54 Å². The second-order valence-corrected chi connectivity index (χ2v) is 5.35. The molecule has 0 aliphatic rings. The molecule has 0 heterocycles. The highest BCUT2D eigenvalue weighted by molar-refractivity contribution is 5.94. The molecule has 1 amide bonds. The second kappa shape index (κ2) is 7.18. The van der Waals surface area contributed by atoms with Crippen LogP contribution in [0, 0.1) is 12.7 Å². The summed E-state index contributed by atoms with van der Waals surface area (Å²) in [7, 11) is 0. The predicted molar refractivity (Wildman–Crippen MR) is 86.2 cm³/mol. The van der Waals surface area contributed by atoms with Gasteiger partial charge in [-0.15, -0.1) is 0 Å². The lowest BCUT2D eigenvalue weighted by atomic mass is 9.99. The van der Waals surface area contributed by atoms with Gasteiger partial charge in [-0.05, 0) is 36.6 Å². The van der Waals surface area contributed by atoms with Crippen molar-refractivity contribution >= 4 is 5.91 Å². The molecule has 3 nitrogen and oxygen atoms in total. The van der Waals surface area contributed by atoms with Crippen molar-refractivity contribution in [3.63, 3.8) is 0 Å². The lowest BCUT2D eigenvalue weighted by Gasteiger charge is -2.16. The summed E-state index contributed by atoms with van der Waals surface area (Å²) in [6.45, 7) is 4.15. The van der Waals surface area contributed by atoms with Gasteiger partial charge < -0.3 is 11.1 Å². The van der Waals surface area contributed by atoms with Gasteiger partial charge in [-0.2, -0.15) is 0 Å². The van der Waals surface area contributed by atoms with Gasteiger partial charge in [0.15, 0.2) is 0 Å². The van der Waals surface area contributed by atoms with E-state index in [4.69, 9.17) is 5.73 Å². The summed E-state index contributed by atoms with van der Waals surface area (Å²) >= 11 is 0. The molecule has 2 aromatic carbocycles. The fourth-order valence-electron chi connectivity index (χ4n) is 2.44. The van der Waals surface area contributed by atoms with Crippen LogP contribution in [0.1, 0.15) is 40.0 Å². The number of rotatable bonds is 5. The molecule has 4 heteroatoms. The molecule has 0 aliphatic heterocycles. The van der Waals surface area contributed by atoms with Crippen LogP contribution in [0.5, 0.6) is 0 Å². The van der Waals surface area contributed by atoms with Crippen molar-refractivity contribution in [3.05, 3.63) is 70.5 Å². The Bertz CT molecular complexity index is 670. The molecule has 0 aliphatic carbocycles. The average molecular weight is 300 g/mol. The van der Waals surface area contributed by atoms with E-state index in [0.717, 1.165) is 23.1 Å². The zero-order valence-corrected chi connectivity index (χ0v) is 12.9. The van der Waals surface area contributed by atoms with Crippen molar-refractivity contribution in [3.8, 4) is 0 Å². The quantitative estimate of drug-likeness (QED) is 0.891. The molecular weight excluding hydrogens is 279 g/mol. The molecule has 0 aromatic heterocycles. The van der Waals surface area contributed by atoms with Crippen LogP contribution in [0.3, 0.4) is 0 Å². The van der Waals surface area contributed by atoms with Crippen LogP contribution in [0.2, 0.25) is 0 Å². The highest BCUT2D eigenvalue weighted by atomic mass is 19.1. The number of nitrogens with one attached hydrogen (secondary N) is 1. The Kier molecular flexibility index (Phi) is 5.28. The molecule has 2 rings (SSSR count). The summed E-state index contributed by atoms with van der Waals surface area (Å²) in [4.78, 5) is 12.1. The molecule has 0 radical (unpaired) electrons. The van der Waals surface area contributed by atoms with Gasteiger partial charge in [0.1, 0.15) is 5.82 Å². The molecule has 116 valence electrons. The molecular formula is C18H21FN2O. The Hall–Kier alpha value is -2.20. The number of halogens is 1. The monoisotopic (exact) mass is 300 g/mol. The van der Waals surface area contributed by atoms with Crippen molar-refractivity contribution in [1.29, 1.82) is 0 Å². The first-order valence-corrected chi connectivity index (χ1v) is 7.40. The Morgan fingerprint density at radius 1 is 1.27 bits per heavy atom. The molecule has 0 fully saturated rings. The maximum Gasteiger partial charge on any atom is 0.254 e. The van der Waals surface area contributed by atoms with Crippen LogP contribution in [0.15, 0.2) is 42.5 Å². The molecule has 0 saturated carbocycles. The van der Waals surface area contributed by atoms with Crippen LogP contribution in [0.25, 0.3) is 0 Å². The predicted octanol–water partition coefficient (Wildman–Crippen LogP) is 3.13. The topological polar surface area (TPSA) is 55.1 Å². The fourth-order valence-corrected chi connectivity index (χ4v) is 2.44. The van der Waals surface area contributed by atoms with E-state index >= 15 is 0 Å². The SMILES string of the molecule is CCc1ccccc1C(N)CNC(=O)c1cc(C)ccc1F. The number of carbonyl (C=O) groups is 1. The summed E-state index contributed by atoms with van der Waals surface area (Å²) in [5.74, 6) is -0.962. The summed E-state index contributed by atoms with van der Waals surface area (Å²) in [6, 6.07) is 12.0. The van der Waals surface area contributed by atoms with E-state index in [1.807, 2.05) is 31.2 Å². The standard InChI is InChI=1S/C18H21FN2O/c1-3-13-6-4-5-7-14(13)17(20)11-21-18(22)15-10-12(2)8-9-16(15)19/h4-10,17H,3,11,20H2,1-2H3,(H,21,22). The number of hydrogen-bond donors (Lipinski definition) is 2. The number of hydrogen-bond acceptors (Lipinski definition) is 2. The van der Waals surface area contributed by atoms with Crippen molar-refractivity contribution in [1.82, 2.24) is 5.32 Å². The highest BCUT2D eigenvalue weighted by Gasteiger charge is 2.15.